The van der Waals surface area contributed by atoms with E-state index in [-0.39, 0.29) is 24.0 Å². The fourth-order valence-electron chi connectivity index (χ4n) is 3.66. The van der Waals surface area contributed by atoms with Crippen LogP contribution >= 0.6 is 0 Å². The van der Waals surface area contributed by atoms with Crippen LogP contribution in [0, 0.1) is 5.82 Å². The van der Waals surface area contributed by atoms with E-state index in [1.165, 1.54) is 12.1 Å². The lowest BCUT2D eigenvalue weighted by Gasteiger charge is -2.09. The molecular formula is C24H18FN3O3. The van der Waals surface area contributed by atoms with Gasteiger partial charge in [0.05, 0.1) is 12.7 Å². The zero-order valence-electron chi connectivity index (χ0n) is 16.6. The van der Waals surface area contributed by atoms with Gasteiger partial charge in [0, 0.05) is 16.5 Å². The lowest BCUT2D eigenvalue weighted by atomic mass is 10.0. The molecule has 1 amide bonds. The molecule has 3 aromatic carbocycles. The van der Waals surface area contributed by atoms with Crippen molar-refractivity contribution < 1.29 is 18.1 Å². The van der Waals surface area contributed by atoms with Gasteiger partial charge in [0.1, 0.15) is 17.4 Å². The van der Waals surface area contributed by atoms with Gasteiger partial charge in [0.15, 0.2) is 0 Å². The Morgan fingerprint density at radius 2 is 1.90 bits per heavy atom. The summed E-state index contributed by atoms with van der Waals surface area (Å²) in [5, 5.41) is 9.88. The van der Waals surface area contributed by atoms with E-state index in [0.717, 1.165) is 27.3 Å². The van der Waals surface area contributed by atoms with Crippen molar-refractivity contribution in [2.24, 2.45) is 0 Å². The summed E-state index contributed by atoms with van der Waals surface area (Å²) in [5.41, 5.74) is 2.19. The van der Waals surface area contributed by atoms with Crippen molar-refractivity contribution in [1.29, 1.82) is 0 Å². The summed E-state index contributed by atoms with van der Waals surface area (Å²) in [6, 6.07) is 17.2. The standard InChI is InChI=1S/C24H18FN3O3/c1-14(24-27-23(28-31-24)16-6-9-18(25)10-7-16)26-21(29)12-17-13-30-20-11-8-15-4-2-3-5-19(15)22(17)20/h2-11,13-14H,12H2,1H3,(H,26,29). The zero-order valence-corrected chi connectivity index (χ0v) is 16.6. The Hall–Kier alpha value is -4.00. The first-order valence-electron chi connectivity index (χ1n) is 9.85. The van der Waals surface area contributed by atoms with Crippen molar-refractivity contribution in [1.82, 2.24) is 15.5 Å². The molecule has 31 heavy (non-hydrogen) atoms. The molecule has 0 aliphatic carbocycles. The highest BCUT2D eigenvalue weighted by molar-refractivity contribution is 6.08. The number of fused-ring (bicyclic) bond motifs is 3. The number of nitrogens with one attached hydrogen (secondary N) is 1. The summed E-state index contributed by atoms with van der Waals surface area (Å²) >= 11 is 0. The molecule has 6 nitrogen and oxygen atoms in total. The Labute approximate surface area is 176 Å². The maximum Gasteiger partial charge on any atom is 0.249 e. The lowest BCUT2D eigenvalue weighted by Crippen LogP contribution is -2.28. The normalized spacial score (nSPS) is 12.3. The largest absolute Gasteiger partial charge is 0.464 e. The highest BCUT2D eigenvalue weighted by Crippen LogP contribution is 2.30. The molecule has 0 aliphatic rings. The minimum absolute atomic E-state index is 0.157. The average molecular weight is 415 g/mol. The minimum atomic E-state index is -0.482. The van der Waals surface area contributed by atoms with E-state index in [4.69, 9.17) is 8.94 Å². The number of rotatable bonds is 5. The van der Waals surface area contributed by atoms with Crippen LogP contribution in [0.3, 0.4) is 0 Å². The van der Waals surface area contributed by atoms with Gasteiger partial charge in [-0.1, -0.05) is 35.5 Å². The van der Waals surface area contributed by atoms with Crippen molar-refractivity contribution in [3.05, 3.63) is 84.2 Å². The maximum atomic E-state index is 13.1. The molecule has 0 saturated carbocycles. The van der Waals surface area contributed by atoms with Crippen LogP contribution < -0.4 is 5.32 Å². The van der Waals surface area contributed by atoms with Crippen LogP contribution in [0.5, 0.6) is 0 Å². The number of aromatic nitrogens is 2. The molecule has 5 aromatic rings. The van der Waals surface area contributed by atoms with Gasteiger partial charge in [0.2, 0.25) is 17.6 Å². The Bertz CT molecular complexity index is 1390. The lowest BCUT2D eigenvalue weighted by molar-refractivity contribution is -0.121. The number of halogens is 1. The van der Waals surface area contributed by atoms with Crippen LogP contribution in [0.4, 0.5) is 4.39 Å². The van der Waals surface area contributed by atoms with E-state index in [0.29, 0.717) is 11.4 Å². The van der Waals surface area contributed by atoms with Gasteiger partial charge < -0.3 is 14.3 Å². The van der Waals surface area contributed by atoms with Crippen LogP contribution in [-0.4, -0.2) is 16.0 Å². The predicted molar refractivity (Wildman–Crippen MR) is 114 cm³/mol. The monoisotopic (exact) mass is 415 g/mol. The molecule has 0 fully saturated rings. The summed E-state index contributed by atoms with van der Waals surface area (Å²) in [4.78, 5) is 17.0. The average Bonchev–Trinajstić information content (AvgIpc) is 3.42. The van der Waals surface area contributed by atoms with Gasteiger partial charge in [-0.05, 0) is 48.0 Å². The second kappa shape index (κ2) is 7.68. The number of amides is 1. The maximum absolute atomic E-state index is 13.1. The molecule has 7 heteroatoms. The SMILES string of the molecule is CC(NC(=O)Cc1coc2ccc3ccccc3c12)c1nc(-c2ccc(F)cc2)no1. The highest BCUT2D eigenvalue weighted by Gasteiger charge is 2.19. The number of hydrogen-bond acceptors (Lipinski definition) is 5. The Kier molecular flexibility index (Phi) is 4.71. The molecule has 1 atom stereocenters. The third-order valence-corrected chi connectivity index (χ3v) is 5.18. The summed E-state index contributed by atoms with van der Waals surface area (Å²) < 4.78 is 24.0. The predicted octanol–water partition coefficient (Wildman–Crippen LogP) is 5.20. The Morgan fingerprint density at radius 3 is 2.74 bits per heavy atom. The first-order chi connectivity index (χ1) is 15.1. The number of benzene rings is 3. The van der Waals surface area contributed by atoms with Crippen LogP contribution in [0.2, 0.25) is 0 Å². The number of hydrogen-bond donors (Lipinski definition) is 1. The number of carbonyl (C=O) groups excluding carboxylic acids is 1. The van der Waals surface area contributed by atoms with E-state index < -0.39 is 6.04 Å². The second-order valence-corrected chi connectivity index (χ2v) is 7.35. The van der Waals surface area contributed by atoms with E-state index in [1.54, 1.807) is 25.3 Å². The fourth-order valence-corrected chi connectivity index (χ4v) is 3.66. The molecule has 1 unspecified atom stereocenters. The number of carbonyl (C=O) groups is 1. The Morgan fingerprint density at radius 1 is 1.10 bits per heavy atom. The summed E-state index contributed by atoms with van der Waals surface area (Å²) in [5.74, 6) is 0.0795. The van der Waals surface area contributed by atoms with Crippen LogP contribution in [0.1, 0.15) is 24.4 Å². The fraction of sp³-hybridized carbons (Fsp3) is 0.125. The number of nitrogens with zero attached hydrogens (tertiary/aromatic N) is 2. The molecule has 5 rings (SSSR count). The molecular weight excluding hydrogens is 397 g/mol. The summed E-state index contributed by atoms with van der Waals surface area (Å²) in [6.07, 6.45) is 1.78. The van der Waals surface area contributed by atoms with Crippen molar-refractivity contribution in [3.63, 3.8) is 0 Å². The molecule has 0 aliphatic heterocycles. The summed E-state index contributed by atoms with van der Waals surface area (Å²) in [7, 11) is 0. The van der Waals surface area contributed by atoms with Gasteiger partial charge in [-0.15, -0.1) is 0 Å². The van der Waals surface area contributed by atoms with Crippen molar-refractivity contribution in [3.8, 4) is 11.4 Å². The van der Waals surface area contributed by atoms with Crippen molar-refractivity contribution in [2.45, 2.75) is 19.4 Å². The first kappa shape index (κ1) is 19.0. The quantitative estimate of drug-likeness (QED) is 0.427. The molecule has 2 heterocycles. The summed E-state index contributed by atoms with van der Waals surface area (Å²) in [6.45, 7) is 1.77. The van der Waals surface area contributed by atoms with Gasteiger partial charge in [0.25, 0.3) is 0 Å². The third kappa shape index (κ3) is 3.66. The van der Waals surface area contributed by atoms with E-state index in [9.17, 15) is 9.18 Å². The smallest absolute Gasteiger partial charge is 0.249 e. The van der Waals surface area contributed by atoms with E-state index in [1.807, 2.05) is 36.4 Å². The molecule has 2 aromatic heterocycles. The first-order valence-corrected chi connectivity index (χ1v) is 9.85. The highest BCUT2D eigenvalue weighted by atomic mass is 19.1. The second-order valence-electron chi connectivity index (χ2n) is 7.35. The van der Waals surface area contributed by atoms with Gasteiger partial charge in [-0.2, -0.15) is 4.98 Å². The van der Waals surface area contributed by atoms with E-state index >= 15 is 0 Å². The number of furan rings is 1. The van der Waals surface area contributed by atoms with Gasteiger partial charge in [-0.3, -0.25) is 4.79 Å². The Balaban J connectivity index is 1.33. The van der Waals surface area contributed by atoms with Gasteiger partial charge in [-0.25, -0.2) is 4.39 Å². The van der Waals surface area contributed by atoms with Crippen LogP contribution in [0.15, 0.2) is 75.9 Å². The molecule has 1 N–H and O–H groups in total. The van der Waals surface area contributed by atoms with Crippen molar-refractivity contribution >= 4 is 27.6 Å². The van der Waals surface area contributed by atoms with Crippen molar-refractivity contribution in [2.75, 3.05) is 0 Å². The van der Waals surface area contributed by atoms with Gasteiger partial charge >= 0.3 is 0 Å². The minimum Gasteiger partial charge on any atom is -0.464 e. The molecule has 0 spiro atoms. The molecule has 0 saturated heterocycles. The molecule has 154 valence electrons. The van der Waals surface area contributed by atoms with E-state index in [2.05, 4.69) is 15.5 Å². The van der Waals surface area contributed by atoms with Crippen LogP contribution in [0.25, 0.3) is 33.1 Å². The third-order valence-electron chi connectivity index (χ3n) is 5.18. The zero-order chi connectivity index (χ0) is 21.4. The topological polar surface area (TPSA) is 81.2 Å². The molecule has 0 radical (unpaired) electrons. The molecule has 0 bridgehead atoms. The van der Waals surface area contributed by atoms with Crippen LogP contribution in [-0.2, 0) is 11.2 Å².